The minimum atomic E-state index is -0.965. The average Bonchev–Trinajstić information content (AvgIpc) is 4.08. The molecule has 0 spiro atoms. The van der Waals surface area contributed by atoms with Gasteiger partial charge in [0, 0.05) is 47.0 Å². The number of hydroxylamine groups is 1. The highest BCUT2D eigenvalue weighted by Crippen LogP contribution is 2.40. The van der Waals surface area contributed by atoms with Crippen LogP contribution in [0.15, 0.2) is 59.0 Å². The Morgan fingerprint density at radius 1 is 0.884 bits per heavy atom. The molecule has 2 aliphatic heterocycles. The van der Waals surface area contributed by atoms with Gasteiger partial charge < -0.3 is 25.5 Å². The Bertz CT molecular complexity index is 2640. The minimum absolute atomic E-state index is 0.0257. The van der Waals surface area contributed by atoms with Crippen LogP contribution < -0.4 is 21.0 Å². The molecule has 2 aromatic carbocycles. The number of rotatable bonds is 20. The van der Waals surface area contributed by atoms with Crippen LogP contribution in [0.4, 0.5) is 0 Å². The van der Waals surface area contributed by atoms with E-state index < -0.39 is 41.5 Å². The van der Waals surface area contributed by atoms with E-state index in [4.69, 9.17) is 21.4 Å². The van der Waals surface area contributed by atoms with Crippen molar-refractivity contribution in [3.05, 3.63) is 98.0 Å². The second-order valence-electron chi connectivity index (χ2n) is 19.2. The summed E-state index contributed by atoms with van der Waals surface area (Å²) in [6.45, 7) is 14.2. The molecule has 0 bridgehead atoms. The van der Waals surface area contributed by atoms with E-state index in [1.807, 2.05) is 71.0 Å². The lowest BCUT2D eigenvalue weighted by molar-refractivity contribution is -0.145. The molecule has 4 atom stereocenters. The summed E-state index contributed by atoms with van der Waals surface area (Å²) >= 11 is 9.47. The fraction of sp³-hybridized carbons (Fsp3) is 0.490. The lowest BCUT2D eigenvalue weighted by Gasteiger charge is -2.35. The van der Waals surface area contributed by atoms with Gasteiger partial charge in [-0.1, -0.05) is 83.0 Å². The highest BCUT2D eigenvalue weighted by Gasteiger charge is 2.45. The zero-order chi connectivity index (χ0) is 49.4. The number of fused-ring (bicyclic) bond motifs is 3. The number of thiophene rings is 1. The average molecular weight is 999 g/mol. The molecule has 0 aliphatic carbocycles. The molecular formula is C51H64ClN9O6S2. The molecule has 368 valence electrons. The molecule has 5 aromatic rings. The van der Waals surface area contributed by atoms with Crippen molar-refractivity contribution >= 4 is 63.6 Å². The largest absolute Gasteiger partial charge is 0.391 e. The highest BCUT2D eigenvalue weighted by molar-refractivity contribution is 7.15. The number of halogens is 1. The molecule has 4 amide bonds. The van der Waals surface area contributed by atoms with Gasteiger partial charge >= 0.3 is 0 Å². The monoisotopic (exact) mass is 997 g/mol. The summed E-state index contributed by atoms with van der Waals surface area (Å²) < 4.78 is 2.05. The predicted octanol–water partition coefficient (Wildman–Crippen LogP) is 8.85. The number of β-amino-alcohol motifs (C(OH)–C–C–N with tert-alkyl or cyclic N) is 1. The standard InChI is InChI=1S/C51H64ClN9O6S2/c1-30-32(3)69-50-43(30)44(34-17-21-36(52)22-18-34)55-39(47-58-57-33(4)61(47)50)27-42(64)53-25-15-13-11-9-8-10-12-14-16-41(63)56-46(51(5,6)7)49(66)60-28-37(62)26-40(60)48(65)59-67-38-23-19-35(20-24-38)45-31(2)54-29-68-45/h17-24,29,37,39-40,46,62H,8-16,25-28H2,1-7H3,(H,53,64)(H,56,63)(H,59,65)/t37-,39+,40+,46?/m1/s1. The number of aliphatic imine (C=N–C) groups is 1. The molecule has 0 saturated carbocycles. The number of carbonyl (C=O) groups excluding carboxylic acids is 4. The van der Waals surface area contributed by atoms with Gasteiger partial charge in [0.1, 0.15) is 29.0 Å². The Morgan fingerprint density at radius 3 is 2.22 bits per heavy atom. The van der Waals surface area contributed by atoms with Gasteiger partial charge in [-0.3, -0.25) is 28.7 Å². The van der Waals surface area contributed by atoms with Crippen LogP contribution in [0.2, 0.25) is 5.02 Å². The van der Waals surface area contributed by atoms with Crippen LogP contribution in [0.5, 0.6) is 5.75 Å². The van der Waals surface area contributed by atoms with Gasteiger partial charge in [-0.25, -0.2) is 4.98 Å². The molecule has 18 heteroatoms. The maximum absolute atomic E-state index is 14.0. The number of nitrogens with one attached hydrogen (secondary N) is 3. The van der Waals surface area contributed by atoms with E-state index in [2.05, 4.69) is 49.7 Å². The number of benzene rings is 2. The second kappa shape index (κ2) is 23.0. The lowest BCUT2D eigenvalue weighted by Crippen LogP contribution is -2.58. The zero-order valence-corrected chi connectivity index (χ0v) is 43.0. The Balaban J connectivity index is 0.797. The Labute approximate surface area is 417 Å². The van der Waals surface area contributed by atoms with Crippen LogP contribution in [0.25, 0.3) is 15.4 Å². The molecule has 69 heavy (non-hydrogen) atoms. The van der Waals surface area contributed by atoms with Gasteiger partial charge in [-0.2, -0.15) is 5.48 Å². The fourth-order valence-electron chi connectivity index (χ4n) is 8.86. The number of amides is 4. The topological polar surface area (TPSA) is 193 Å². The fourth-order valence-corrected chi connectivity index (χ4v) is 11.0. The number of thiazole rings is 1. The van der Waals surface area contributed by atoms with E-state index >= 15 is 0 Å². The van der Waals surface area contributed by atoms with Crippen molar-refractivity contribution in [2.24, 2.45) is 10.4 Å². The Morgan fingerprint density at radius 2 is 1.55 bits per heavy atom. The van der Waals surface area contributed by atoms with Crippen molar-refractivity contribution in [3.63, 3.8) is 0 Å². The number of aromatic nitrogens is 4. The quantitative estimate of drug-likeness (QED) is 0.0436. The van der Waals surface area contributed by atoms with Crippen molar-refractivity contribution in [2.75, 3.05) is 13.1 Å². The maximum Gasteiger partial charge on any atom is 0.275 e. The van der Waals surface area contributed by atoms with E-state index in [9.17, 15) is 24.3 Å². The summed E-state index contributed by atoms with van der Waals surface area (Å²) in [5, 5.41) is 27.2. The zero-order valence-electron chi connectivity index (χ0n) is 40.6. The first-order chi connectivity index (χ1) is 33.0. The molecule has 15 nitrogen and oxygen atoms in total. The van der Waals surface area contributed by atoms with Crippen LogP contribution in [-0.4, -0.2) is 90.4 Å². The van der Waals surface area contributed by atoms with Crippen molar-refractivity contribution in [1.82, 2.24) is 40.8 Å². The molecule has 4 N–H and O–H groups in total. The molecule has 1 saturated heterocycles. The van der Waals surface area contributed by atoms with Crippen molar-refractivity contribution in [2.45, 2.75) is 143 Å². The van der Waals surface area contributed by atoms with Crippen molar-refractivity contribution in [1.29, 1.82) is 0 Å². The summed E-state index contributed by atoms with van der Waals surface area (Å²) in [5.41, 5.74) is 9.44. The smallest absolute Gasteiger partial charge is 0.275 e. The van der Waals surface area contributed by atoms with Crippen LogP contribution in [-0.2, 0) is 19.2 Å². The number of hydrogen-bond acceptors (Lipinski definition) is 12. The van der Waals surface area contributed by atoms with Gasteiger partial charge in [0.2, 0.25) is 17.7 Å². The summed E-state index contributed by atoms with van der Waals surface area (Å²) in [4.78, 5) is 72.6. The van der Waals surface area contributed by atoms with Crippen molar-refractivity contribution < 1.29 is 29.1 Å². The highest BCUT2D eigenvalue weighted by atomic mass is 35.5. The Kier molecular flexibility index (Phi) is 17.1. The molecule has 7 rings (SSSR count). The first-order valence-electron chi connectivity index (χ1n) is 23.9. The molecule has 3 aromatic heterocycles. The molecule has 1 unspecified atom stereocenters. The number of carbonyl (C=O) groups is 4. The van der Waals surface area contributed by atoms with Gasteiger partial charge in [-0.15, -0.1) is 32.9 Å². The Hall–Kier alpha value is -5.49. The van der Waals surface area contributed by atoms with Gasteiger partial charge in [0.05, 0.1) is 34.3 Å². The summed E-state index contributed by atoms with van der Waals surface area (Å²) in [5.74, 6) is 0.540. The van der Waals surface area contributed by atoms with Gasteiger partial charge in [0.25, 0.3) is 5.91 Å². The number of aliphatic hydroxyl groups excluding tert-OH is 1. The van der Waals surface area contributed by atoms with E-state index in [1.165, 1.54) is 9.78 Å². The number of likely N-dealkylation sites (tertiary alicyclic amines) is 1. The number of nitrogens with zero attached hydrogens (tertiary/aromatic N) is 6. The first-order valence-corrected chi connectivity index (χ1v) is 26.0. The molecule has 1 fully saturated rings. The first kappa shape index (κ1) is 51.4. The summed E-state index contributed by atoms with van der Waals surface area (Å²) in [6, 6.07) is 12.5. The normalized spacial score (nSPS) is 17.1. The lowest BCUT2D eigenvalue weighted by atomic mass is 9.85. The second-order valence-corrected chi connectivity index (χ2v) is 21.7. The van der Waals surface area contributed by atoms with Crippen molar-refractivity contribution in [3.8, 4) is 21.2 Å². The third-order valence-corrected chi connectivity index (χ3v) is 15.2. The van der Waals surface area contributed by atoms with Crippen LogP contribution in [0.1, 0.15) is 136 Å². The number of aliphatic hydroxyl groups is 1. The van der Waals surface area contributed by atoms with E-state index in [1.54, 1.807) is 40.3 Å². The number of hydrogen-bond donors (Lipinski definition) is 4. The molecule has 0 radical (unpaired) electrons. The molecular weight excluding hydrogens is 934 g/mol. The van der Waals surface area contributed by atoms with E-state index in [0.717, 1.165) is 94.3 Å². The van der Waals surface area contributed by atoms with E-state index in [0.29, 0.717) is 29.6 Å². The predicted molar refractivity (Wildman–Crippen MR) is 271 cm³/mol. The third-order valence-electron chi connectivity index (χ3n) is 12.8. The van der Waals surface area contributed by atoms with Crippen LogP contribution in [0.3, 0.4) is 0 Å². The SMILES string of the molecule is Cc1ncsc1-c1ccc(ONC(=O)[C@@H]2C[C@@H](O)CN2C(=O)C(NC(=O)CCCCCCCCCCNC(=O)C[C@@H]2N=C(c3ccc(Cl)cc3)c3c(sc(C)c3C)-n3c(C)nnc32)C(C)(C)C)cc1. The van der Waals surface area contributed by atoms with Crippen LogP contribution in [0, 0.1) is 33.1 Å². The number of unbranched alkanes of at least 4 members (excludes halogenated alkanes) is 7. The van der Waals surface area contributed by atoms with Gasteiger partial charge in [-0.05, 0) is 93.5 Å². The number of aryl methyl sites for hydroxylation is 3. The molecule has 5 heterocycles. The van der Waals surface area contributed by atoms with E-state index in [-0.39, 0.29) is 37.6 Å². The molecule has 2 aliphatic rings. The van der Waals surface area contributed by atoms with Gasteiger partial charge in [0.15, 0.2) is 11.6 Å². The summed E-state index contributed by atoms with van der Waals surface area (Å²) in [7, 11) is 0. The maximum atomic E-state index is 14.0. The minimum Gasteiger partial charge on any atom is -0.391 e. The summed E-state index contributed by atoms with van der Waals surface area (Å²) in [6.07, 6.45) is 7.16. The van der Waals surface area contributed by atoms with Crippen LogP contribution >= 0.6 is 34.3 Å². The third kappa shape index (κ3) is 12.7.